The standard InChI is InChI=1S/C20H20N6O3S/c1-4-30(28,29)26-8-6-18(25-26)23-13(3)19-14-9-16(15-10-21-7-5-12(15)2)22-11-17(14)24-20(19)27/h5-11,24,27H,4H2,1-3H3. The van der Waals surface area contributed by atoms with E-state index in [0.717, 1.165) is 26.3 Å². The zero-order chi connectivity index (χ0) is 21.5. The Kier molecular flexibility index (Phi) is 4.86. The van der Waals surface area contributed by atoms with Crippen LogP contribution < -0.4 is 0 Å². The van der Waals surface area contributed by atoms with Crippen LogP contribution in [0.25, 0.3) is 22.2 Å². The average molecular weight is 424 g/mol. The molecule has 0 amide bonds. The maximum absolute atomic E-state index is 12.0. The monoisotopic (exact) mass is 424 g/mol. The minimum Gasteiger partial charge on any atom is -0.494 e. The molecular formula is C20H20N6O3S. The van der Waals surface area contributed by atoms with Gasteiger partial charge in [0.15, 0.2) is 11.7 Å². The predicted octanol–water partition coefficient (Wildman–Crippen LogP) is 3.17. The molecule has 4 aromatic rings. The van der Waals surface area contributed by atoms with Gasteiger partial charge in [-0.1, -0.05) is 0 Å². The van der Waals surface area contributed by atoms with Gasteiger partial charge in [-0.25, -0.2) is 13.4 Å². The van der Waals surface area contributed by atoms with Crippen LogP contribution >= 0.6 is 0 Å². The number of hydrogen-bond acceptors (Lipinski definition) is 7. The SMILES string of the molecule is CCS(=O)(=O)n1ccc(N=C(C)c2c(O)[nH]c3cnc(-c4cnccc4C)cc23)n1. The van der Waals surface area contributed by atoms with Gasteiger partial charge < -0.3 is 10.1 Å². The normalized spacial score (nSPS) is 12.6. The van der Waals surface area contributed by atoms with Crippen LogP contribution in [-0.2, 0) is 10.0 Å². The van der Waals surface area contributed by atoms with E-state index in [1.807, 2.05) is 19.1 Å². The third-order valence-electron chi connectivity index (χ3n) is 4.82. The Morgan fingerprint density at radius 1 is 1.30 bits per heavy atom. The molecule has 4 aromatic heterocycles. The molecule has 10 heteroatoms. The van der Waals surface area contributed by atoms with Crippen LogP contribution in [0.1, 0.15) is 25.0 Å². The van der Waals surface area contributed by atoms with E-state index in [2.05, 4.69) is 25.0 Å². The number of hydrogen-bond donors (Lipinski definition) is 2. The summed E-state index contributed by atoms with van der Waals surface area (Å²) in [4.78, 5) is 15.9. The number of aromatic hydroxyl groups is 1. The first-order valence-corrected chi connectivity index (χ1v) is 10.9. The van der Waals surface area contributed by atoms with Gasteiger partial charge in [-0.05, 0) is 38.5 Å². The Morgan fingerprint density at radius 3 is 2.83 bits per heavy atom. The van der Waals surface area contributed by atoms with Crippen molar-refractivity contribution in [2.45, 2.75) is 20.8 Å². The van der Waals surface area contributed by atoms with Gasteiger partial charge in [0.2, 0.25) is 0 Å². The van der Waals surface area contributed by atoms with Crippen LogP contribution in [0.2, 0.25) is 0 Å². The first-order chi connectivity index (χ1) is 14.3. The topological polar surface area (TPSA) is 126 Å². The van der Waals surface area contributed by atoms with Crippen molar-refractivity contribution in [2.75, 3.05) is 5.75 Å². The zero-order valence-corrected chi connectivity index (χ0v) is 17.5. The second-order valence-electron chi connectivity index (χ2n) is 6.80. The van der Waals surface area contributed by atoms with Crippen molar-refractivity contribution in [2.24, 2.45) is 4.99 Å². The van der Waals surface area contributed by atoms with Gasteiger partial charge in [0, 0.05) is 35.6 Å². The summed E-state index contributed by atoms with van der Waals surface area (Å²) in [6.45, 7) is 5.25. The molecule has 0 aromatic carbocycles. The quantitative estimate of drug-likeness (QED) is 0.474. The summed E-state index contributed by atoms with van der Waals surface area (Å²) in [6.07, 6.45) is 6.47. The molecule has 0 aliphatic carbocycles. The van der Waals surface area contributed by atoms with E-state index in [1.54, 1.807) is 32.4 Å². The summed E-state index contributed by atoms with van der Waals surface area (Å²) in [5, 5.41) is 15.2. The van der Waals surface area contributed by atoms with Crippen molar-refractivity contribution in [3.05, 3.63) is 54.1 Å². The first-order valence-electron chi connectivity index (χ1n) is 9.26. The van der Waals surface area contributed by atoms with Crippen LogP contribution in [-0.4, -0.2) is 49.1 Å². The van der Waals surface area contributed by atoms with E-state index < -0.39 is 10.0 Å². The molecule has 0 radical (unpaired) electrons. The fourth-order valence-electron chi connectivity index (χ4n) is 3.20. The third-order valence-corrected chi connectivity index (χ3v) is 6.33. The number of rotatable bonds is 5. The van der Waals surface area contributed by atoms with Gasteiger partial charge in [-0.15, -0.1) is 5.10 Å². The highest BCUT2D eigenvalue weighted by Gasteiger charge is 2.17. The van der Waals surface area contributed by atoms with Crippen LogP contribution in [0, 0.1) is 6.92 Å². The molecule has 30 heavy (non-hydrogen) atoms. The number of nitrogens with zero attached hydrogens (tertiary/aromatic N) is 5. The molecule has 154 valence electrons. The molecular weight excluding hydrogens is 404 g/mol. The van der Waals surface area contributed by atoms with Gasteiger partial charge in [0.05, 0.1) is 34.4 Å². The first kappa shape index (κ1) is 19.8. The summed E-state index contributed by atoms with van der Waals surface area (Å²) in [5.41, 5.74) is 4.29. The molecule has 2 N–H and O–H groups in total. The maximum atomic E-state index is 12.0. The Labute approximate surface area is 173 Å². The molecule has 0 unspecified atom stereocenters. The van der Waals surface area contributed by atoms with Crippen molar-refractivity contribution in [1.29, 1.82) is 0 Å². The smallest absolute Gasteiger partial charge is 0.253 e. The fourth-order valence-corrected chi connectivity index (χ4v) is 3.92. The van der Waals surface area contributed by atoms with Gasteiger partial charge in [0.25, 0.3) is 10.0 Å². The Bertz CT molecular complexity index is 1380. The lowest BCUT2D eigenvalue weighted by Gasteiger charge is -2.05. The van der Waals surface area contributed by atoms with Crippen LogP contribution in [0.5, 0.6) is 5.88 Å². The summed E-state index contributed by atoms with van der Waals surface area (Å²) in [5.74, 6) is 0.119. The Balaban J connectivity index is 1.80. The maximum Gasteiger partial charge on any atom is 0.253 e. The van der Waals surface area contributed by atoms with Gasteiger partial charge >= 0.3 is 0 Å². The molecule has 9 nitrogen and oxygen atoms in total. The summed E-state index contributed by atoms with van der Waals surface area (Å²) >= 11 is 0. The fraction of sp³-hybridized carbons (Fsp3) is 0.200. The number of aromatic amines is 1. The minimum absolute atomic E-state index is 0.0475. The van der Waals surface area contributed by atoms with Gasteiger partial charge in [-0.3, -0.25) is 9.97 Å². The molecule has 0 spiro atoms. The summed E-state index contributed by atoms with van der Waals surface area (Å²) in [7, 11) is -3.48. The highest BCUT2D eigenvalue weighted by molar-refractivity contribution is 7.89. The van der Waals surface area contributed by atoms with Crippen LogP contribution in [0.15, 0.2) is 48.0 Å². The lowest BCUT2D eigenvalue weighted by atomic mass is 10.0. The second-order valence-corrected chi connectivity index (χ2v) is 8.91. The largest absolute Gasteiger partial charge is 0.494 e. The highest BCUT2D eigenvalue weighted by atomic mass is 32.2. The van der Waals surface area contributed by atoms with Crippen molar-refractivity contribution in [3.63, 3.8) is 0 Å². The van der Waals surface area contributed by atoms with Crippen LogP contribution in [0.4, 0.5) is 5.82 Å². The van der Waals surface area contributed by atoms with E-state index in [0.29, 0.717) is 16.8 Å². The Morgan fingerprint density at radius 2 is 2.10 bits per heavy atom. The molecule has 0 fully saturated rings. The zero-order valence-electron chi connectivity index (χ0n) is 16.7. The average Bonchev–Trinajstić information content (AvgIpc) is 3.31. The lowest BCUT2D eigenvalue weighted by Crippen LogP contribution is -2.14. The molecule has 4 rings (SSSR count). The van der Waals surface area contributed by atoms with Crippen molar-refractivity contribution >= 4 is 32.5 Å². The minimum atomic E-state index is -3.48. The van der Waals surface area contributed by atoms with E-state index in [9.17, 15) is 13.5 Å². The van der Waals surface area contributed by atoms with Crippen molar-refractivity contribution < 1.29 is 13.5 Å². The number of aryl methyl sites for hydroxylation is 1. The second kappa shape index (κ2) is 7.38. The van der Waals surface area contributed by atoms with Crippen molar-refractivity contribution in [1.82, 2.24) is 24.1 Å². The van der Waals surface area contributed by atoms with E-state index >= 15 is 0 Å². The molecule has 0 saturated carbocycles. The number of H-pyrrole nitrogens is 1. The van der Waals surface area contributed by atoms with E-state index in [4.69, 9.17) is 0 Å². The van der Waals surface area contributed by atoms with Gasteiger partial charge in [-0.2, -0.15) is 4.09 Å². The highest BCUT2D eigenvalue weighted by Crippen LogP contribution is 2.31. The van der Waals surface area contributed by atoms with E-state index in [1.165, 1.54) is 12.3 Å². The third kappa shape index (κ3) is 3.45. The summed E-state index contributed by atoms with van der Waals surface area (Å²) in [6, 6.07) is 5.28. The number of aromatic nitrogens is 5. The molecule has 0 saturated heterocycles. The number of aliphatic imine (C=N–C) groups is 1. The van der Waals surface area contributed by atoms with Crippen molar-refractivity contribution in [3.8, 4) is 17.1 Å². The molecule has 0 aliphatic heterocycles. The molecule has 4 heterocycles. The number of fused-ring (bicyclic) bond motifs is 1. The van der Waals surface area contributed by atoms with E-state index in [-0.39, 0.29) is 17.5 Å². The molecule has 0 bridgehead atoms. The van der Waals surface area contributed by atoms with Gasteiger partial charge in [0.1, 0.15) is 0 Å². The number of pyridine rings is 2. The van der Waals surface area contributed by atoms with Crippen LogP contribution in [0.3, 0.4) is 0 Å². The predicted molar refractivity (Wildman–Crippen MR) is 115 cm³/mol. The molecule has 0 atom stereocenters. The lowest BCUT2D eigenvalue weighted by molar-refractivity contribution is 0.457. The number of nitrogens with one attached hydrogen (secondary N) is 1. The molecule has 0 aliphatic rings. The Hall–Kier alpha value is -3.53. The summed E-state index contributed by atoms with van der Waals surface area (Å²) < 4.78 is 24.8.